The van der Waals surface area contributed by atoms with Crippen LogP contribution in [0.5, 0.6) is 0 Å². The first-order valence-corrected chi connectivity index (χ1v) is 9.36. The molecule has 1 aliphatic carbocycles. The summed E-state index contributed by atoms with van der Waals surface area (Å²) in [6, 6.07) is -0.0591. The van der Waals surface area contributed by atoms with E-state index < -0.39 is 0 Å². The molecule has 2 aliphatic rings. The summed E-state index contributed by atoms with van der Waals surface area (Å²) in [6.07, 6.45) is 7.83. The van der Waals surface area contributed by atoms with Crippen molar-refractivity contribution in [3.63, 3.8) is 0 Å². The zero-order valence-electron chi connectivity index (χ0n) is 15.3. The molecular weight excluding hydrogens is 318 g/mol. The van der Waals surface area contributed by atoms with Gasteiger partial charge in [-0.2, -0.15) is 0 Å². The zero-order chi connectivity index (χ0) is 17.8. The van der Waals surface area contributed by atoms with Crippen molar-refractivity contribution in [3.05, 3.63) is 18.2 Å². The first-order valence-electron chi connectivity index (χ1n) is 9.36. The number of likely N-dealkylation sites (tertiary alicyclic amines) is 1. The predicted molar refractivity (Wildman–Crippen MR) is 94.7 cm³/mol. The number of rotatable bonds is 6. The Hall–Kier alpha value is -2.05. The molecule has 1 aliphatic heterocycles. The quantitative estimate of drug-likeness (QED) is 0.850. The lowest BCUT2D eigenvalue weighted by molar-refractivity contribution is -0.134. The molecule has 1 saturated heterocycles. The van der Waals surface area contributed by atoms with Crippen LogP contribution in [0.15, 0.2) is 12.4 Å². The highest BCUT2D eigenvalue weighted by atomic mass is 16.2. The maximum absolute atomic E-state index is 12.5. The maximum Gasteiger partial charge on any atom is 0.317 e. The van der Waals surface area contributed by atoms with Gasteiger partial charge in [-0.3, -0.25) is 4.79 Å². The van der Waals surface area contributed by atoms with Crippen LogP contribution in [-0.4, -0.2) is 57.5 Å². The summed E-state index contributed by atoms with van der Waals surface area (Å²) >= 11 is 0. The minimum Gasteiger partial charge on any atom is -0.342 e. The van der Waals surface area contributed by atoms with Crippen molar-refractivity contribution < 1.29 is 9.59 Å². The Labute approximate surface area is 149 Å². The molecule has 1 N–H and O–H groups in total. The summed E-state index contributed by atoms with van der Waals surface area (Å²) in [6.45, 7) is 5.39. The molecule has 1 aromatic rings. The van der Waals surface area contributed by atoms with E-state index in [1.54, 1.807) is 11.1 Å². The molecule has 2 heterocycles. The molecule has 1 atom stereocenters. The van der Waals surface area contributed by atoms with Crippen LogP contribution in [0.4, 0.5) is 4.79 Å². The van der Waals surface area contributed by atoms with Crippen molar-refractivity contribution in [2.24, 2.45) is 18.9 Å². The lowest BCUT2D eigenvalue weighted by atomic mass is 9.97. The predicted octanol–water partition coefficient (Wildman–Crippen LogP) is 1.60. The molecule has 7 nitrogen and oxygen atoms in total. The molecule has 0 aromatic carbocycles. The SMILES string of the molecule is CCN(Cc1nccn1C)C(=O)NC[C@@H]1CCCN(C(=O)C2CC2)C1. The molecule has 3 rings (SSSR count). The number of carbonyl (C=O) groups is 2. The Balaban J connectivity index is 1.47. The molecule has 3 amide bonds. The molecule has 1 aromatic heterocycles. The van der Waals surface area contributed by atoms with Gasteiger partial charge >= 0.3 is 6.03 Å². The van der Waals surface area contributed by atoms with Gasteiger partial charge in [0.2, 0.25) is 5.91 Å². The second-order valence-electron chi connectivity index (χ2n) is 7.22. The highest BCUT2D eigenvalue weighted by Crippen LogP contribution is 2.32. The van der Waals surface area contributed by atoms with Gasteiger partial charge in [0.25, 0.3) is 0 Å². The second-order valence-corrected chi connectivity index (χ2v) is 7.22. The molecule has 2 fully saturated rings. The van der Waals surface area contributed by atoms with Gasteiger partial charge in [0.1, 0.15) is 5.82 Å². The van der Waals surface area contributed by atoms with Crippen molar-refractivity contribution in [2.45, 2.75) is 39.2 Å². The Kier molecular flexibility index (Phi) is 5.60. The molecule has 0 spiro atoms. The van der Waals surface area contributed by atoms with Crippen LogP contribution in [0, 0.1) is 11.8 Å². The highest BCUT2D eigenvalue weighted by molar-refractivity contribution is 5.81. The third kappa shape index (κ3) is 4.52. The third-order valence-electron chi connectivity index (χ3n) is 5.22. The van der Waals surface area contributed by atoms with Gasteiger partial charge in [0, 0.05) is 51.5 Å². The van der Waals surface area contributed by atoms with Crippen LogP contribution in [0.1, 0.15) is 38.4 Å². The van der Waals surface area contributed by atoms with E-state index in [1.165, 1.54) is 0 Å². The number of imidazole rings is 1. The van der Waals surface area contributed by atoms with E-state index >= 15 is 0 Å². The van der Waals surface area contributed by atoms with Gasteiger partial charge < -0.3 is 19.7 Å². The van der Waals surface area contributed by atoms with E-state index in [1.807, 2.05) is 29.6 Å². The monoisotopic (exact) mass is 347 g/mol. The van der Waals surface area contributed by atoms with Gasteiger partial charge in [0.05, 0.1) is 6.54 Å². The summed E-state index contributed by atoms with van der Waals surface area (Å²) in [5.74, 6) is 1.82. The number of piperidine rings is 1. The molecule has 1 saturated carbocycles. The lowest BCUT2D eigenvalue weighted by Gasteiger charge is -2.33. The summed E-state index contributed by atoms with van der Waals surface area (Å²) in [5.41, 5.74) is 0. The van der Waals surface area contributed by atoms with E-state index in [9.17, 15) is 9.59 Å². The average Bonchev–Trinajstić information content (AvgIpc) is 3.40. The number of aryl methyl sites for hydroxylation is 1. The Morgan fingerprint density at radius 1 is 1.36 bits per heavy atom. The summed E-state index contributed by atoms with van der Waals surface area (Å²) in [7, 11) is 1.93. The number of carbonyl (C=O) groups excluding carboxylic acids is 2. The van der Waals surface area contributed by atoms with E-state index in [2.05, 4.69) is 10.3 Å². The van der Waals surface area contributed by atoms with Gasteiger partial charge in [-0.1, -0.05) is 0 Å². The Bertz CT molecular complexity index is 610. The van der Waals surface area contributed by atoms with Crippen molar-refractivity contribution in [1.29, 1.82) is 0 Å². The molecule has 7 heteroatoms. The summed E-state index contributed by atoms with van der Waals surface area (Å²) in [4.78, 5) is 32.8. The highest BCUT2D eigenvalue weighted by Gasteiger charge is 2.35. The maximum atomic E-state index is 12.5. The fraction of sp³-hybridized carbons (Fsp3) is 0.722. The molecule has 0 unspecified atom stereocenters. The van der Waals surface area contributed by atoms with Crippen LogP contribution in [0.25, 0.3) is 0 Å². The smallest absolute Gasteiger partial charge is 0.317 e. The number of hydrogen-bond donors (Lipinski definition) is 1. The van der Waals surface area contributed by atoms with Crippen molar-refractivity contribution >= 4 is 11.9 Å². The number of nitrogens with one attached hydrogen (secondary N) is 1. The van der Waals surface area contributed by atoms with Crippen LogP contribution >= 0.6 is 0 Å². The van der Waals surface area contributed by atoms with E-state index in [-0.39, 0.29) is 11.9 Å². The average molecular weight is 347 g/mol. The molecule has 0 radical (unpaired) electrons. The number of hydrogen-bond acceptors (Lipinski definition) is 3. The summed E-state index contributed by atoms with van der Waals surface area (Å²) < 4.78 is 1.93. The number of amides is 3. The van der Waals surface area contributed by atoms with Crippen LogP contribution < -0.4 is 5.32 Å². The van der Waals surface area contributed by atoms with Gasteiger partial charge in [0.15, 0.2) is 0 Å². The minimum atomic E-state index is -0.0591. The Morgan fingerprint density at radius 3 is 2.80 bits per heavy atom. The number of aromatic nitrogens is 2. The molecule has 138 valence electrons. The largest absolute Gasteiger partial charge is 0.342 e. The van der Waals surface area contributed by atoms with Crippen LogP contribution in [0.2, 0.25) is 0 Å². The number of nitrogens with zero attached hydrogens (tertiary/aromatic N) is 4. The van der Waals surface area contributed by atoms with Crippen molar-refractivity contribution in [2.75, 3.05) is 26.2 Å². The van der Waals surface area contributed by atoms with Crippen LogP contribution in [0.3, 0.4) is 0 Å². The van der Waals surface area contributed by atoms with E-state index in [4.69, 9.17) is 0 Å². The van der Waals surface area contributed by atoms with Crippen molar-refractivity contribution in [1.82, 2.24) is 24.7 Å². The standard InChI is InChI=1S/C18H29N5O2/c1-3-22(13-16-19-8-10-21(16)2)18(25)20-11-14-5-4-9-23(12-14)17(24)15-6-7-15/h8,10,14-15H,3-7,9,11-13H2,1-2H3,(H,20,25)/t14-/m0/s1. The van der Waals surface area contributed by atoms with Crippen LogP contribution in [-0.2, 0) is 18.4 Å². The fourth-order valence-corrected chi connectivity index (χ4v) is 3.41. The van der Waals surface area contributed by atoms with E-state index in [0.717, 1.165) is 44.6 Å². The third-order valence-corrected chi connectivity index (χ3v) is 5.22. The van der Waals surface area contributed by atoms with Crippen molar-refractivity contribution in [3.8, 4) is 0 Å². The summed E-state index contributed by atoms with van der Waals surface area (Å²) in [5, 5.41) is 3.05. The first-order chi connectivity index (χ1) is 12.1. The zero-order valence-corrected chi connectivity index (χ0v) is 15.3. The van der Waals surface area contributed by atoms with Gasteiger partial charge in [-0.15, -0.1) is 0 Å². The topological polar surface area (TPSA) is 70.5 Å². The molecule has 0 bridgehead atoms. The van der Waals surface area contributed by atoms with Gasteiger partial charge in [-0.05, 0) is 38.5 Å². The van der Waals surface area contributed by atoms with E-state index in [0.29, 0.717) is 31.5 Å². The second kappa shape index (κ2) is 7.89. The lowest BCUT2D eigenvalue weighted by Crippen LogP contribution is -2.46. The fourth-order valence-electron chi connectivity index (χ4n) is 3.41. The first kappa shape index (κ1) is 17.8. The molecular formula is C18H29N5O2. The van der Waals surface area contributed by atoms with Gasteiger partial charge in [-0.25, -0.2) is 9.78 Å². The number of urea groups is 1. The molecule has 25 heavy (non-hydrogen) atoms. The normalized spacial score (nSPS) is 20.4. The minimum absolute atomic E-state index is 0.0591. The Morgan fingerprint density at radius 2 is 2.16 bits per heavy atom.